The molecule has 5 heteroatoms. The number of piperidine rings is 1. The van der Waals surface area contributed by atoms with Gasteiger partial charge >= 0.3 is 0 Å². The van der Waals surface area contributed by atoms with Gasteiger partial charge in [-0.1, -0.05) is 12.5 Å². The Bertz CT molecular complexity index is 349. The first kappa shape index (κ1) is 13.3. The molecule has 0 aromatic carbocycles. The molecule has 0 saturated carbocycles. The fourth-order valence-corrected chi connectivity index (χ4v) is 2.23. The first-order valence-corrected chi connectivity index (χ1v) is 6.54. The number of hydrazine groups is 1. The summed E-state index contributed by atoms with van der Waals surface area (Å²) >= 11 is 0. The number of methoxy groups -OCH3 is 1. The van der Waals surface area contributed by atoms with Crippen LogP contribution in [-0.2, 0) is 0 Å². The number of nitrogens with one attached hydrogen (secondary N) is 1. The van der Waals surface area contributed by atoms with Crippen LogP contribution < -0.4 is 15.9 Å². The van der Waals surface area contributed by atoms with Crippen LogP contribution in [0.25, 0.3) is 0 Å². The van der Waals surface area contributed by atoms with Gasteiger partial charge in [-0.2, -0.15) is 0 Å². The number of rotatable bonds is 5. The van der Waals surface area contributed by atoms with Gasteiger partial charge in [0.25, 0.3) is 0 Å². The SMILES string of the molecule is COc1ccc(C(CN)NN2CCCCC2)cn1. The van der Waals surface area contributed by atoms with Crippen LogP contribution in [0.1, 0.15) is 30.9 Å². The maximum atomic E-state index is 5.84. The maximum Gasteiger partial charge on any atom is 0.212 e. The van der Waals surface area contributed by atoms with Gasteiger partial charge in [-0.3, -0.25) is 0 Å². The lowest BCUT2D eigenvalue weighted by atomic mass is 10.1. The van der Waals surface area contributed by atoms with Crippen molar-refractivity contribution in [3.63, 3.8) is 0 Å². The lowest BCUT2D eigenvalue weighted by molar-refractivity contribution is 0.130. The summed E-state index contributed by atoms with van der Waals surface area (Å²) in [4.78, 5) is 4.22. The van der Waals surface area contributed by atoms with E-state index in [4.69, 9.17) is 10.5 Å². The Morgan fingerprint density at radius 3 is 2.72 bits per heavy atom. The van der Waals surface area contributed by atoms with E-state index in [0.29, 0.717) is 12.4 Å². The van der Waals surface area contributed by atoms with E-state index < -0.39 is 0 Å². The molecule has 2 rings (SSSR count). The van der Waals surface area contributed by atoms with Gasteiger partial charge in [0.1, 0.15) is 0 Å². The monoisotopic (exact) mass is 250 g/mol. The van der Waals surface area contributed by atoms with E-state index in [1.807, 2.05) is 18.3 Å². The van der Waals surface area contributed by atoms with Crippen LogP contribution in [0.5, 0.6) is 5.88 Å². The summed E-state index contributed by atoms with van der Waals surface area (Å²) in [5.41, 5.74) is 10.4. The highest BCUT2D eigenvalue weighted by atomic mass is 16.5. The molecule has 1 unspecified atom stereocenters. The molecule has 18 heavy (non-hydrogen) atoms. The second-order valence-electron chi connectivity index (χ2n) is 4.60. The lowest BCUT2D eigenvalue weighted by Crippen LogP contribution is -2.45. The fraction of sp³-hybridized carbons (Fsp3) is 0.615. The van der Waals surface area contributed by atoms with Crippen molar-refractivity contribution < 1.29 is 4.74 Å². The molecule has 100 valence electrons. The first-order chi connectivity index (χ1) is 8.83. The third kappa shape index (κ3) is 3.41. The zero-order chi connectivity index (χ0) is 12.8. The third-order valence-electron chi connectivity index (χ3n) is 3.30. The molecule has 0 amide bonds. The van der Waals surface area contributed by atoms with E-state index in [1.54, 1.807) is 7.11 Å². The predicted octanol–water partition coefficient (Wildman–Crippen LogP) is 1.08. The Morgan fingerprint density at radius 2 is 2.17 bits per heavy atom. The molecule has 1 saturated heterocycles. The molecule has 1 fully saturated rings. The number of hydrogen-bond acceptors (Lipinski definition) is 5. The van der Waals surface area contributed by atoms with Crippen LogP contribution in [0, 0.1) is 0 Å². The Morgan fingerprint density at radius 1 is 1.39 bits per heavy atom. The highest BCUT2D eigenvalue weighted by molar-refractivity contribution is 5.20. The van der Waals surface area contributed by atoms with E-state index in [2.05, 4.69) is 15.4 Å². The van der Waals surface area contributed by atoms with Crippen molar-refractivity contribution in [3.8, 4) is 5.88 Å². The molecule has 1 aliphatic heterocycles. The summed E-state index contributed by atoms with van der Waals surface area (Å²) in [5.74, 6) is 0.632. The zero-order valence-corrected chi connectivity index (χ0v) is 10.9. The van der Waals surface area contributed by atoms with Crippen molar-refractivity contribution in [1.82, 2.24) is 15.4 Å². The van der Waals surface area contributed by atoms with Gasteiger partial charge in [0.15, 0.2) is 0 Å². The smallest absolute Gasteiger partial charge is 0.212 e. The molecule has 1 aliphatic rings. The van der Waals surface area contributed by atoms with Gasteiger partial charge in [0.05, 0.1) is 13.2 Å². The molecule has 0 aliphatic carbocycles. The predicted molar refractivity (Wildman–Crippen MR) is 71.1 cm³/mol. The second-order valence-corrected chi connectivity index (χ2v) is 4.60. The minimum Gasteiger partial charge on any atom is -0.481 e. The van der Waals surface area contributed by atoms with Crippen LogP contribution >= 0.6 is 0 Å². The second kappa shape index (κ2) is 6.68. The van der Waals surface area contributed by atoms with Gasteiger partial charge in [-0.05, 0) is 18.4 Å². The van der Waals surface area contributed by atoms with Crippen LogP contribution in [0.15, 0.2) is 18.3 Å². The van der Waals surface area contributed by atoms with Crippen molar-refractivity contribution in [2.75, 3.05) is 26.7 Å². The standard InChI is InChI=1S/C13H22N4O/c1-18-13-6-5-11(10-15-13)12(9-14)16-17-7-3-2-4-8-17/h5-6,10,12,16H,2-4,7-9,14H2,1H3. The number of nitrogens with two attached hydrogens (primary N) is 1. The third-order valence-corrected chi connectivity index (χ3v) is 3.30. The number of hydrogen-bond donors (Lipinski definition) is 2. The van der Waals surface area contributed by atoms with Crippen molar-refractivity contribution in [2.45, 2.75) is 25.3 Å². The quantitative estimate of drug-likeness (QED) is 0.819. The number of nitrogens with zero attached hydrogens (tertiary/aromatic N) is 2. The van der Waals surface area contributed by atoms with Crippen LogP contribution in [-0.4, -0.2) is 36.7 Å². The average Bonchev–Trinajstić information content (AvgIpc) is 2.46. The summed E-state index contributed by atoms with van der Waals surface area (Å²) in [6.45, 7) is 2.75. The molecule has 1 aromatic heterocycles. The van der Waals surface area contributed by atoms with Gasteiger partial charge in [-0.25, -0.2) is 15.4 Å². The molecular formula is C13H22N4O. The number of aromatic nitrogens is 1. The molecule has 2 heterocycles. The van der Waals surface area contributed by atoms with Gasteiger partial charge in [0, 0.05) is 31.9 Å². The Labute approximate surface area is 108 Å². The molecule has 5 nitrogen and oxygen atoms in total. The molecule has 3 N–H and O–H groups in total. The molecule has 0 radical (unpaired) electrons. The van der Waals surface area contributed by atoms with E-state index in [0.717, 1.165) is 18.7 Å². The van der Waals surface area contributed by atoms with Crippen LogP contribution in [0.2, 0.25) is 0 Å². The van der Waals surface area contributed by atoms with Crippen molar-refractivity contribution >= 4 is 0 Å². The highest BCUT2D eigenvalue weighted by Crippen LogP contribution is 2.16. The van der Waals surface area contributed by atoms with Crippen LogP contribution in [0.4, 0.5) is 0 Å². The summed E-state index contributed by atoms with van der Waals surface area (Å²) < 4.78 is 5.06. The Kier molecular flexibility index (Phi) is 4.92. The number of pyridine rings is 1. The largest absolute Gasteiger partial charge is 0.481 e. The summed E-state index contributed by atoms with van der Waals surface area (Å²) in [6.07, 6.45) is 5.67. The topological polar surface area (TPSA) is 63.4 Å². The van der Waals surface area contributed by atoms with Crippen molar-refractivity contribution in [2.24, 2.45) is 5.73 Å². The van der Waals surface area contributed by atoms with Gasteiger partial charge in [0.2, 0.25) is 5.88 Å². The summed E-state index contributed by atoms with van der Waals surface area (Å²) in [5, 5.41) is 2.27. The zero-order valence-electron chi connectivity index (χ0n) is 10.9. The van der Waals surface area contributed by atoms with E-state index in [9.17, 15) is 0 Å². The van der Waals surface area contributed by atoms with E-state index >= 15 is 0 Å². The molecule has 1 atom stereocenters. The molecule has 0 spiro atoms. The maximum absolute atomic E-state index is 5.84. The minimum atomic E-state index is 0.126. The Balaban J connectivity index is 1.97. The highest BCUT2D eigenvalue weighted by Gasteiger charge is 2.16. The lowest BCUT2D eigenvalue weighted by Gasteiger charge is -2.31. The summed E-state index contributed by atoms with van der Waals surface area (Å²) in [6, 6.07) is 4.01. The van der Waals surface area contributed by atoms with E-state index in [1.165, 1.54) is 19.3 Å². The van der Waals surface area contributed by atoms with Gasteiger partial charge < -0.3 is 10.5 Å². The molecule has 1 aromatic rings. The molecule has 0 bridgehead atoms. The van der Waals surface area contributed by atoms with Crippen LogP contribution in [0.3, 0.4) is 0 Å². The first-order valence-electron chi connectivity index (χ1n) is 6.54. The normalized spacial score (nSPS) is 18.6. The molecular weight excluding hydrogens is 228 g/mol. The summed E-state index contributed by atoms with van der Waals surface area (Å²) in [7, 11) is 1.62. The van der Waals surface area contributed by atoms with Crippen molar-refractivity contribution in [3.05, 3.63) is 23.9 Å². The minimum absolute atomic E-state index is 0.126. The fourth-order valence-electron chi connectivity index (χ4n) is 2.23. The van der Waals surface area contributed by atoms with Gasteiger partial charge in [-0.15, -0.1) is 0 Å². The van der Waals surface area contributed by atoms with E-state index in [-0.39, 0.29) is 6.04 Å². The average molecular weight is 250 g/mol. The number of ether oxygens (including phenoxy) is 1. The van der Waals surface area contributed by atoms with Crippen molar-refractivity contribution in [1.29, 1.82) is 0 Å². The Hall–Kier alpha value is -1.17.